The zero-order valence-electron chi connectivity index (χ0n) is 13.6. The molecule has 0 aromatic heterocycles. The third kappa shape index (κ3) is 4.01. The fraction of sp³-hybridized carbons (Fsp3) is 0.500. The molecular weight excluding hydrogens is 387 g/mol. The number of hydrogen-bond acceptors (Lipinski definition) is 4. The molecule has 2 atom stereocenters. The maximum atomic E-state index is 13.5. The van der Waals surface area contributed by atoms with E-state index in [1.165, 1.54) is 30.0 Å². The summed E-state index contributed by atoms with van der Waals surface area (Å²) in [7, 11) is -3.14. The molecule has 136 valence electrons. The number of aliphatic imine (C=N–C) groups is 1. The Bertz CT molecular complexity index is 829. The Balaban J connectivity index is 1.96. The number of thioether (sulfide) groups is 1. The van der Waals surface area contributed by atoms with Crippen LogP contribution in [0.25, 0.3) is 0 Å². The number of amides is 1. The summed E-state index contributed by atoms with van der Waals surface area (Å²) in [5.74, 6) is -0.742. The van der Waals surface area contributed by atoms with E-state index in [9.17, 15) is 17.6 Å². The molecule has 0 N–H and O–H groups in total. The smallest absolute Gasteiger partial charge is 0.248 e. The van der Waals surface area contributed by atoms with Crippen LogP contribution in [0, 0.1) is 5.82 Å². The van der Waals surface area contributed by atoms with Gasteiger partial charge in [0.1, 0.15) is 5.82 Å². The molecule has 5 nitrogen and oxygen atoms in total. The number of anilines is 1. The van der Waals surface area contributed by atoms with Crippen molar-refractivity contribution in [1.29, 1.82) is 0 Å². The molecule has 1 amide bonds. The van der Waals surface area contributed by atoms with Crippen molar-refractivity contribution in [2.24, 2.45) is 4.99 Å². The van der Waals surface area contributed by atoms with Gasteiger partial charge in [-0.05, 0) is 24.6 Å². The van der Waals surface area contributed by atoms with Crippen LogP contribution in [0.5, 0.6) is 0 Å². The van der Waals surface area contributed by atoms with Crippen LogP contribution >= 0.6 is 23.4 Å². The van der Waals surface area contributed by atoms with Crippen molar-refractivity contribution >= 4 is 50.0 Å². The summed E-state index contributed by atoms with van der Waals surface area (Å²) in [6.07, 6.45) is 2.00. The Morgan fingerprint density at radius 2 is 2.20 bits per heavy atom. The molecule has 9 heteroatoms. The highest BCUT2D eigenvalue weighted by Gasteiger charge is 2.49. The van der Waals surface area contributed by atoms with Gasteiger partial charge < -0.3 is 4.90 Å². The predicted molar refractivity (Wildman–Crippen MR) is 99.7 cm³/mol. The molecule has 0 unspecified atom stereocenters. The van der Waals surface area contributed by atoms with Crippen molar-refractivity contribution in [3.05, 3.63) is 29.0 Å². The van der Waals surface area contributed by atoms with Crippen LogP contribution in [0.4, 0.5) is 10.1 Å². The largest absolute Gasteiger partial charge is 0.316 e. The highest BCUT2D eigenvalue weighted by atomic mass is 35.5. The van der Waals surface area contributed by atoms with Crippen molar-refractivity contribution in [3.63, 3.8) is 0 Å². The van der Waals surface area contributed by atoms with E-state index >= 15 is 0 Å². The topological polar surface area (TPSA) is 66.8 Å². The number of nitrogens with zero attached hydrogens (tertiary/aromatic N) is 2. The fourth-order valence-corrected chi connectivity index (χ4v) is 7.10. The van der Waals surface area contributed by atoms with Crippen LogP contribution in [-0.4, -0.2) is 42.3 Å². The van der Waals surface area contributed by atoms with E-state index < -0.39 is 15.7 Å². The number of unbranched alkanes of at least 4 members (excludes halogenated alkanes) is 1. The normalized spacial score (nSPS) is 26.2. The number of halogens is 2. The van der Waals surface area contributed by atoms with Gasteiger partial charge in [-0.2, -0.15) is 4.99 Å². The first-order chi connectivity index (χ1) is 11.8. The molecule has 0 radical (unpaired) electrons. The van der Waals surface area contributed by atoms with Crippen LogP contribution in [-0.2, 0) is 14.6 Å². The minimum Gasteiger partial charge on any atom is -0.316 e. The monoisotopic (exact) mass is 404 g/mol. The van der Waals surface area contributed by atoms with Crippen LogP contribution in [0.2, 0.25) is 5.02 Å². The molecule has 2 heterocycles. The Labute approximate surface area is 155 Å². The third-order valence-electron chi connectivity index (χ3n) is 4.21. The van der Waals surface area contributed by atoms with E-state index in [4.69, 9.17) is 11.6 Å². The lowest BCUT2D eigenvalue weighted by molar-refractivity contribution is -0.117. The Morgan fingerprint density at radius 1 is 1.44 bits per heavy atom. The first kappa shape index (κ1) is 18.7. The lowest BCUT2D eigenvalue weighted by Gasteiger charge is -2.24. The first-order valence-corrected chi connectivity index (χ1v) is 11.1. The average molecular weight is 405 g/mol. The number of fused-ring (bicyclic) bond motifs is 1. The molecule has 1 aromatic carbocycles. The SMILES string of the molecule is CCCCC(=O)N=C1S[C@@H]2CS(=O)(=O)C[C@H]2N1c1ccc(F)c(Cl)c1. The molecular formula is C16H18ClFN2O3S2. The van der Waals surface area contributed by atoms with Gasteiger partial charge in [0, 0.05) is 17.4 Å². The van der Waals surface area contributed by atoms with Crippen LogP contribution < -0.4 is 4.90 Å². The van der Waals surface area contributed by atoms with Gasteiger partial charge in [0.25, 0.3) is 0 Å². The summed E-state index contributed by atoms with van der Waals surface area (Å²) >= 11 is 7.18. The van der Waals surface area contributed by atoms with Gasteiger partial charge >= 0.3 is 0 Å². The van der Waals surface area contributed by atoms with Gasteiger partial charge in [-0.3, -0.25) is 4.79 Å². The molecule has 2 aliphatic rings. The van der Waals surface area contributed by atoms with Gasteiger partial charge in [0.05, 0.1) is 22.6 Å². The molecule has 1 aromatic rings. The third-order valence-corrected chi connectivity index (χ3v) is 7.71. The van der Waals surface area contributed by atoms with Crippen LogP contribution in [0.15, 0.2) is 23.2 Å². The number of benzene rings is 1. The highest BCUT2D eigenvalue weighted by Crippen LogP contribution is 2.41. The molecule has 0 aliphatic carbocycles. The summed E-state index contributed by atoms with van der Waals surface area (Å²) in [4.78, 5) is 18.0. The Hall–Kier alpha value is -1.12. The standard InChI is InChI=1S/C16H18ClFN2O3S2/c1-2-3-4-15(21)19-16-20(10-5-6-12(18)11(17)7-10)13-8-25(22,23)9-14(13)24-16/h5-7,13-14H,2-4,8-9H2,1H3/t13-,14-/m1/s1. The van der Waals surface area contributed by atoms with Crippen molar-refractivity contribution in [2.75, 3.05) is 16.4 Å². The average Bonchev–Trinajstić information content (AvgIpc) is 2.99. The summed E-state index contributed by atoms with van der Waals surface area (Å²) < 4.78 is 37.4. The van der Waals surface area contributed by atoms with Crippen LogP contribution in [0.3, 0.4) is 0 Å². The van der Waals surface area contributed by atoms with Gasteiger partial charge in [-0.25, -0.2) is 12.8 Å². The minimum atomic E-state index is -3.14. The number of rotatable bonds is 4. The van der Waals surface area contributed by atoms with Gasteiger partial charge in [-0.15, -0.1) is 0 Å². The van der Waals surface area contributed by atoms with Gasteiger partial charge in [0.15, 0.2) is 15.0 Å². The van der Waals surface area contributed by atoms with Gasteiger partial charge in [0.2, 0.25) is 5.91 Å². The molecule has 2 fully saturated rings. The van der Waals surface area contributed by atoms with Crippen LogP contribution in [0.1, 0.15) is 26.2 Å². The van der Waals surface area contributed by atoms with E-state index in [0.29, 0.717) is 17.3 Å². The molecule has 0 bridgehead atoms. The van der Waals surface area contributed by atoms with E-state index in [0.717, 1.165) is 12.8 Å². The van der Waals surface area contributed by atoms with Gasteiger partial charge in [-0.1, -0.05) is 36.7 Å². The summed E-state index contributed by atoms with van der Waals surface area (Å²) in [6.45, 7) is 1.99. The van der Waals surface area contributed by atoms with Crippen molar-refractivity contribution in [3.8, 4) is 0 Å². The second kappa shape index (κ2) is 7.25. The van der Waals surface area contributed by atoms with Crippen molar-refractivity contribution < 1.29 is 17.6 Å². The number of sulfone groups is 1. The maximum absolute atomic E-state index is 13.5. The summed E-state index contributed by atoms with van der Waals surface area (Å²) in [6, 6.07) is 3.88. The fourth-order valence-electron chi connectivity index (χ4n) is 2.99. The molecule has 0 spiro atoms. The summed E-state index contributed by atoms with van der Waals surface area (Å²) in [5.41, 5.74) is 0.547. The predicted octanol–water partition coefficient (Wildman–Crippen LogP) is 3.27. The summed E-state index contributed by atoms with van der Waals surface area (Å²) in [5, 5.41) is 0.226. The van der Waals surface area contributed by atoms with E-state index in [-0.39, 0.29) is 33.7 Å². The number of amidine groups is 1. The molecule has 3 rings (SSSR count). The molecule has 0 saturated carbocycles. The maximum Gasteiger partial charge on any atom is 0.248 e. The highest BCUT2D eigenvalue weighted by molar-refractivity contribution is 8.16. The quantitative estimate of drug-likeness (QED) is 0.770. The first-order valence-electron chi connectivity index (χ1n) is 8.03. The molecule has 25 heavy (non-hydrogen) atoms. The Kier molecular flexibility index (Phi) is 5.41. The second-order valence-corrected chi connectivity index (χ2v) is 9.93. The number of carbonyl (C=O) groups is 1. The molecule has 2 aliphatic heterocycles. The Morgan fingerprint density at radius 3 is 2.88 bits per heavy atom. The zero-order valence-corrected chi connectivity index (χ0v) is 16.0. The van der Waals surface area contributed by atoms with Crippen molar-refractivity contribution in [1.82, 2.24) is 0 Å². The van der Waals surface area contributed by atoms with Crippen molar-refractivity contribution in [2.45, 2.75) is 37.5 Å². The van der Waals surface area contributed by atoms with E-state index in [2.05, 4.69) is 4.99 Å². The molecule has 2 saturated heterocycles. The number of carbonyl (C=O) groups excluding carboxylic acids is 1. The minimum absolute atomic E-state index is 0.0121. The second-order valence-electron chi connectivity index (χ2n) is 6.16. The van der Waals surface area contributed by atoms with E-state index in [1.807, 2.05) is 6.92 Å². The van der Waals surface area contributed by atoms with E-state index in [1.54, 1.807) is 4.90 Å². The number of hydrogen-bond donors (Lipinski definition) is 0. The lowest BCUT2D eigenvalue weighted by atomic mass is 10.2. The zero-order chi connectivity index (χ0) is 18.2. The lowest BCUT2D eigenvalue weighted by Crippen LogP contribution is -2.37.